The summed E-state index contributed by atoms with van der Waals surface area (Å²) in [6.07, 6.45) is 1.35. The van der Waals surface area contributed by atoms with Crippen LogP contribution in [0.1, 0.15) is 10.4 Å². The minimum atomic E-state index is -1.30. The Labute approximate surface area is 94.6 Å². The molecular formula is C10H6ClFO4. The highest BCUT2D eigenvalue weighted by molar-refractivity contribution is 6.31. The van der Waals surface area contributed by atoms with Gasteiger partial charge in [0.25, 0.3) is 0 Å². The van der Waals surface area contributed by atoms with E-state index in [1.165, 1.54) is 0 Å². The van der Waals surface area contributed by atoms with Gasteiger partial charge >= 0.3 is 5.97 Å². The van der Waals surface area contributed by atoms with E-state index < -0.39 is 23.3 Å². The van der Waals surface area contributed by atoms with Crippen molar-refractivity contribution in [3.05, 3.63) is 40.7 Å². The molecular weight excluding hydrogens is 239 g/mol. The second-order valence-corrected chi connectivity index (χ2v) is 3.23. The SMILES string of the molecule is O=C(O)C=CC(=O)c1cc(Cl)c(F)cc1O. The number of carbonyl (C=O) groups is 2. The van der Waals surface area contributed by atoms with Crippen molar-refractivity contribution in [3.63, 3.8) is 0 Å². The Morgan fingerprint density at radius 1 is 1.31 bits per heavy atom. The maximum Gasteiger partial charge on any atom is 0.328 e. The van der Waals surface area contributed by atoms with E-state index >= 15 is 0 Å². The summed E-state index contributed by atoms with van der Waals surface area (Å²) in [5.41, 5.74) is -0.260. The van der Waals surface area contributed by atoms with E-state index in [-0.39, 0.29) is 10.6 Å². The van der Waals surface area contributed by atoms with Crippen molar-refractivity contribution in [3.8, 4) is 5.75 Å². The average molecular weight is 245 g/mol. The maximum absolute atomic E-state index is 12.8. The summed E-state index contributed by atoms with van der Waals surface area (Å²) in [6.45, 7) is 0. The molecule has 0 aliphatic carbocycles. The molecule has 0 heterocycles. The second kappa shape index (κ2) is 4.76. The number of ketones is 1. The molecule has 0 bridgehead atoms. The smallest absolute Gasteiger partial charge is 0.328 e. The molecule has 1 rings (SSSR count). The normalized spacial score (nSPS) is 10.6. The minimum absolute atomic E-state index is 0.260. The highest BCUT2D eigenvalue weighted by atomic mass is 35.5. The van der Waals surface area contributed by atoms with E-state index in [0.29, 0.717) is 12.1 Å². The van der Waals surface area contributed by atoms with Crippen LogP contribution in [0.4, 0.5) is 4.39 Å². The van der Waals surface area contributed by atoms with Gasteiger partial charge in [-0.25, -0.2) is 9.18 Å². The van der Waals surface area contributed by atoms with E-state index in [0.717, 1.165) is 12.1 Å². The fraction of sp³-hybridized carbons (Fsp3) is 0. The molecule has 0 saturated carbocycles. The lowest BCUT2D eigenvalue weighted by Gasteiger charge is -2.02. The van der Waals surface area contributed by atoms with Crippen LogP contribution >= 0.6 is 11.6 Å². The van der Waals surface area contributed by atoms with Crippen LogP contribution in [-0.2, 0) is 4.79 Å². The number of aromatic hydroxyl groups is 1. The van der Waals surface area contributed by atoms with Gasteiger partial charge in [-0.15, -0.1) is 0 Å². The van der Waals surface area contributed by atoms with Crippen molar-refractivity contribution >= 4 is 23.4 Å². The zero-order valence-corrected chi connectivity index (χ0v) is 8.53. The molecule has 0 spiro atoms. The maximum atomic E-state index is 12.8. The van der Waals surface area contributed by atoms with Crippen molar-refractivity contribution in [1.29, 1.82) is 0 Å². The van der Waals surface area contributed by atoms with E-state index in [4.69, 9.17) is 16.7 Å². The third-order valence-corrected chi connectivity index (χ3v) is 1.97. The zero-order valence-electron chi connectivity index (χ0n) is 7.78. The van der Waals surface area contributed by atoms with Gasteiger partial charge in [0, 0.05) is 12.1 Å². The average Bonchev–Trinajstić information content (AvgIpc) is 2.20. The summed E-state index contributed by atoms with van der Waals surface area (Å²) < 4.78 is 12.8. The van der Waals surface area contributed by atoms with E-state index in [9.17, 15) is 19.1 Å². The van der Waals surface area contributed by atoms with Gasteiger partial charge in [-0.05, 0) is 12.1 Å². The van der Waals surface area contributed by atoms with Gasteiger partial charge in [0.05, 0.1) is 10.6 Å². The Balaban J connectivity index is 3.09. The minimum Gasteiger partial charge on any atom is -0.507 e. The third-order valence-electron chi connectivity index (χ3n) is 1.68. The second-order valence-electron chi connectivity index (χ2n) is 2.82. The molecule has 1 aromatic rings. The van der Waals surface area contributed by atoms with Crippen LogP contribution < -0.4 is 0 Å². The Morgan fingerprint density at radius 2 is 1.94 bits per heavy atom. The Morgan fingerprint density at radius 3 is 2.50 bits per heavy atom. The molecule has 16 heavy (non-hydrogen) atoms. The van der Waals surface area contributed by atoms with Crippen LogP contribution in [0.15, 0.2) is 24.3 Å². The molecule has 0 atom stereocenters. The zero-order chi connectivity index (χ0) is 12.3. The first kappa shape index (κ1) is 12.2. The lowest BCUT2D eigenvalue weighted by Crippen LogP contribution is -1.98. The molecule has 2 N–H and O–H groups in total. The Bertz CT molecular complexity index is 482. The number of halogens is 2. The molecule has 4 nitrogen and oxygen atoms in total. The third kappa shape index (κ3) is 2.80. The van der Waals surface area contributed by atoms with Crippen LogP contribution in [0.5, 0.6) is 5.75 Å². The number of rotatable bonds is 3. The molecule has 6 heteroatoms. The predicted octanol–water partition coefficient (Wildman–Crippen LogP) is 2.01. The molecule has 0 fully saturated rings. The van der Waals surface area contributed by atoms with Crippen molar-refractivity contribution in [2.75, 3.05) is 0 Å². The molecule has 0 radical (unpaired) electrons. The fourth-order valence-electron chi connectivity index (χ4n) is 0.970. The van der Waals surface area contributed by atoms with Crippen molar-refractivity contribution < 1.29 is 24.2 Å². The molecule has 1 aromatic carbocycles. The number of carboxylic acids is 1. The molecule has 0 amide bonds. The van der Waals surface area contributed by atoms with Gasteiger partial charge in [-0.3, -0.25) is 4.79 Å². The molecule has 84 valence electrons. The highest BCUT2D eigenvalue weighted by Gasteiger charge is 2.12. The first-order valence-electron chi connectivity index (χ1n) is 4.05. The van der Waals surface area contributed by atoms with Gasteiger partial charge in [0.2, 0.25) is 0 Å². The van der Waals surface area contributed by atoms with Gasteiger partial charge in [-0.2, -0.15) is 0 Å². The predicted molar refractivity (Wildman–Crippen MR) is 54.2 cm³/mol. The van der Waals surface area contributed by atoms with Gasteiger partial charge in [-0.1, -0.05) is 11.6 Å². The van der Waals surface area contributed by atoms with E-state index in [1.807, 2.05) is 0 Å². The summed E-state index contributed by atoms with van der Waals surface area (Å²) in [7, 11) is 0. The lowest BCUT2D eigenvalue weighted by atomic mass is 10.1. The van der Waals surface area contributed by atoms with E-state index in [2.05, 4.69) is 0 Å². The van der Waals surface area contributed by atoms with Crippen molar-refractivity contribution in [2.24, 2.45) is 0 Å². The number of allylic oxidation sites excluding steroid dienone is 1. The summed E-state index contributed by atoms with van der Waals surface area (Å²) in [4.78, 5) is 21.5. The fourth-order valence-corrected chi connectivity index (χ4v) is 1.13. The Kier molecular flexibility index (Phi) is 3.63. The summed E-state index contributed by atoms with van der Waals surface area (Å²) in [6, 6.07) is 1.62. The van der Waals surface area contributed by atoms with E-state index in [1.54, 1.807) is 0 Å². The number of benzene rings is 1. The van der Waals surface area contributed by atoms with Gasteiger partial charge in [0.1, 0.15) is 11.6 Å². The summed E-state index contributed by atoms with van der Waals surface area (Å²) >= 11 is 5.41. The molecule has 0 aliphatic heterocycles. The van der Waals surface area contributed by atoms with Crippen molar-refractivity contribution in [1.82, 2.24) is 0 Å². The first-order chi connectivity index (χ1) is 7.41. The topological polar surface area (TPSA) is 74.6 Å². The highest BCUT2D eigenvalue weighted by Crippen LogP contribution is 2.25. The monoisotopic (exact) mass is 244 g/mol. The number of aliphatic carboxylic acids is 1. The van der Waals surface area contributed by atoms with Crippen LogP contribution in [0.3, 0.4) is 0 Å². The Hall–Kier alpha value is -1.88. The largest absolute Gasteiger partial charge is 0.507 e. The van der Waals surface area contributed by atoms with Gasteiger partial charge in [0.15, 0.2) is 5.78 Å². The number of phenolic OH excluding ortho intramolecular Hbond substituents is 1. The molecule has 0 aromatic heterocycles. The van der Waals surface area contributed by atoms with Crippen LogP contribution in [0.25, 0.3) is 0 Å². The lowest BCUT2D eigenvalue weighted by molar-refractivity contribution is -0.131. The van der Waals surface area contributed by atoms with Crippen molar-refractivity contribution in [2.45, 2.75) is 0 Å². The van der Waals surface area contributed by atoms with Crippen LogP contribution in [0, 0.1) is 5.82 Å². The molecule has 0 unspecified atom stereocenters. The standard InChI is InChI=1S/C10H6ClFO4/c11-6-3-5(9(14)4-7(6)12)8(13)1-2-10(15)16/h1-4,14H,(H,15,16). The number of carboxylic acid groups (broad SMARTS) is 1. The number of hydrogen-bond acceptors (Lipinski definition) is 3. The first-order valence-corrected chi connectivity index (χ1v) is 4.43. The summed E-state index contributed by atoms with van der Waals surface area (Å²) in [5, 5.41) is 17.2. The van der Waals surface area contributed by atoms with Gasteiger partial charge < -0.3 is 10.2 Å². The number of hydrogen-bond donors (Lipinski definition) is 2. The molecule has 0 aliphatic rings. The van der Waals surface area contributed by atoms with Crippen LogP contribution in [-0.4, -0.2) is 22.0 Å². The number of phenols is 1. The molecule has 0 saturated heterocycles. The quantitative estimate of drug-likeness (QED) is 0.630. The number of carbonyl (C=O) groups excluding carboxylic acids is 1. The van der Waals surface area contributed by atoms with Crippen LogP contribution in [0.2, 0.25) is 5.02 Å². The summed E-state index contributed by atoms with van der Waals surface area (Å²) in [5.74, 6) is -3.54.